The number of aliphatic hydroxyl groups excluding tert-OH is 1. The van der Waals surface area contributed by atoms with Crippen molar-refractivity contribution in [2.24, 2.45) is 0 Å². The van der Waals surface area contributed by atoms with E-state index in [-0.39, 0.29) is 17.0 Å². The zero-order valence-electron chi connectivity index (χ0n) is 24.2. The monoisotopic (exact) mass is 643 g/mol. The summed E-state index contributed by atoms with van der Waals surface area (Å²) < 4.78 is 40.4. The summed E-state index contributed by atoms with van der Waals surface area (Å²) in [7, 11) is 0. The molecule has 238 valence electrons. The molecule has 0 saturated carbocycles. The Morgan fingerprint density at radius 3 is 2.40 bits per heavy atom. The van der Waals surface area contributed by atoms with E-state index in [0.29, 0.717) is 60.7 Å². The number of nitrogens with zero attached hydrogens (tertiary/aromatic N) is 4. The van der Waals surface area contributed by atoms with Crippen LogP contribution in [0.25, 0.3) is 0 Å². The maximum absolute atomic E-state index is 13.5. The van der Waals surface area contributed by atoms with Gasteiger partial charge in [0.2, 0.25) is 0 Å². The van der Waals surface area contributed by atoms with Crippen molar-refractivity contribution in [1.29, 1.82) is 0 Å². The van der Waals surface area contributed by atoms with E-state index >= 15 is 0 Å². The fraction of sp³-hybridized carbons (Fsp3) is 0.267. The van der Waals surface area contributed by atoms with Crippen molar-refractivity contribution in [3.05, 3.63) is 88.6 Å². The molecule has 6 N–H and O–H groups in total. The highest BCUT2D eigenvalue weighted by Crippen LogP contribution is 2.34. The smallest absolute Gasteiger partial charge is 0.416 e. The number of carbonyl (C=O) groups is 2. The number of anilines is 5. The Hall–Kier alpha value is -4.73. The number of aliphatic hydroxyl groups is 1. The minimum Gasteiger partial charge on any atom is -0.477 e. The van der Waals surface area contributed by atoms with Crippen LogP contribution >= 0.6 is 11.3 Å². The molecule has 45 heavy (non-hydrogen) atoms. The number of amides is 1. The van der Waals surface area contributed by atoms with Gasteiger partial charge in [-0.1, -0.05) is 23.5 Å². The number of nitrogens with two attached hydrogens (primary N) is 1. The predicted molar refractivity (Wildman–Crippen MR) is 167 cm³/mol. The molecule has 2 aromatic carbocycles. The SMILES string of the molecule is Cc1ccc(NC(=O)c2cc(N3CCN(CCO)CC3)cc(C(F)(F)F)c2)cc1N.O=C(O)c1cnc(Nc2ccccn2)s1. The number of nitrogen functional groups attached to an aromatic ring is 1. The maximum atomic E-state index is 13.5. The van der Waals surface area contributed by atoms with Gasteiger partial charge in [0, 0.05) is 61.5 Å². The van der Waals surface area contributed by atoms with Gasteiger partial charge in [0.25, 0.3) is 5.91 Å². The number of nitrogens with one attached hydrogen (secondary N) is 2. The lowest BCUT2D eigenvalue weighted by Gasteiger charge is -2.36. The number of thiazole rings is 1. The van der Waals surface area contributed by atoms with Crippen molar-refractivity contribution in [2.75, 3.05) is 60.6 Å². The molecule has 1 amide bonds. The Kier molecular flexibility index (Phi) is 10.9. The number of carboxylic acid groups (broad SMARTS) is 1. The van der Waals surface area contributed by atoms with Gasteiger partial charge in [-0.3, -0.25) is 9.69 Å². The van der Waals surface area contributed by atoms with E-state index < -0.39 is 23.6 Å². The van der Waals surface area contributed by atoms with Gasteiger partial charge in [0.1, 0.15) is 10.7 Å². The van der Waals surface area contributed by atoms with Crippen LogP contribution in [-0.4, -0.2) is 76.3 Å². The molecule has 0 radical (unpaired) electrons. The summed E-state index contributed by atoms with van der Waals surface area (Å²) in [5.41, 5.74) is 6.99. The second kappa shape index (κ2) is 14.8. The Balaban J connectivity index is 0.000000256. The summed E-state index contributed by atoms with van der Waals surface area (Å²) in [5, 5.41) is 23.8. The third kappa shape index (κ3) is 9.38. The standard InChI is InChI=1S/C21H25F3N4O2.C9H7N3O2S/c1-14-2-3-17(13-19(14)25)26-20(30)15-10-16(21(22,23)24)12-18(11-15)28-6-4-27(5-7-28)8-9-29;13-8(14)6-5-11-9(15-6)12-7-3-1-2-4-10-7/h2-3,10-13,29H,4-9,25H2,1H3,(H,26,30);1-5H,(H,13,14)(H,10,11,12). The molecule has 0 unspecified atom stereocenters. The van der Waals surface area contributed by atoms with Crippen molar-refractivity contribution in [2.45, 2.75) is 13.1 Å². The third-order valence-electron chi connectivity index (χ3n) is 6.81. The normalized spacial score (nSPS) is 13.5. The van der Waals surface area contributed by atoms with E-state index in [1.807, 2.05) is 22.8 Å². The molecule has 1 fully saturated rings. The van der Waals surface area contributed by atoms with Crippen LogP contribution in [0, 0.1) is 6.92 Å². The molecule has 4 aromatic rings. The van der Waals surface area contributed by atoms with Crippen LogP contribution in [0.1, 0.15) is 31.2 Å². The van der Waals surface area contributed by atoms with Crippen molar-refractivity contribution < 1.29 is 33.0 Å². The largest absolute Gasteiger partial charge is 0.477 e. The van der Waals surface area contributed by atoms with Crippen LogP contribution in [-0.2, 0) is 6.18 Å². The number of aryl methyl sites for hydroxylation is 1. The van der Waals surface area contributed by atoms with Crippen molar-refractivity contribution in [3.63, 3.8) is 0 Å². The maximum Gasteiger partial charge on any atom is 0.416 e. The molecule has 2 aromatic heterocycles. The highest BCUT2D eigenvalue weighted by Gasteiger charge is 2.33. The van der Waals surface area contributed by atoms with Crippen LogP contribution in [0.2, 0.25) is 0 Å². The molecule has 1 aliphatic heterocycles. The summed E-state index contributed by atoms with van der Waals surface area (Å²) in [5.74, 6) is -0.963. The van der Waals surface area contributed by atoms with E-state index in [0.717, 1.165) is 29.0 Å². The lowest BCUT2D eigenvalue weighted by Crippen LogP contribution is -2.47. The van der Waals surface area contributed by atoms with Gasteiger partial charge < -0.3 is 31.5 Å². The fourth-order valence-corrected chi connectivity index (χ4v) is 5.02. The second-order valence-corrected chi connectivity index (χ2v) is 11.0. The number of alkyl halides is 3. The van der Waals surface area contributed by atoms with Crippen molar-refractivity contribution >= 4 is 51.2 Å². The zero-order valence-corrected chi connectivity index (χ0v) is 25.0. The molecule has 15 heteroatoms. The summed E-state index contributed by atoms with van der Waals surface area (Å²) in [4.78, 5) is 35.3. The molecule has 0 spiro atoms. The van der Waals surface area contributed by atoms with E-state index in [1.54, 1.807) is 36.5 Å². The average molecular weight is 644 g/mol. The molecule has 1 aliphatic rings. The average Bonchev–Trinajstić information content (AvgIpc) is 3.49. The first-order valence-electron chi connectivity index (χ1n) is 13.8. The lowest BCUT2D eigenvalue weighted by molar-refractivity contribution is -0.137. The Labute approximate surface area is 261 Å². The van der Waals surface area contributed by atoms with Crippen molar-refractivity contribution in [1.82, 2.24) is 14.9 Å². The minimum atomic E-state index is -4.57. The first kappa shape index (κ1) is 33.2. The molecule has 5 rings (SSSR count). The highest BCUT2D eigenvalue weighted by atomic mass is 32.1. The summed E-state index contributed by atoms with van der Waals surface area (Å²) in [6.07, 6.45) is -1.61. The van der Waals surface area contributed by atoms with Crippen LogP contribution in [0.15, 0.2) is 67.0 Å². The molecule has 1 saturated heterocycles. The second-order valence-electron chi connectivity index (χ2n) is 10.0. The molecule has 11 nitrogen and oxygen atoms in total. The first-order valence-corrected chi connectivity index (χ1v) is 14.6. The number of hydrogen-bond acceptors (Lipinski definition) is 10. The summed E-state index contributed by atoms with van der Waals surface area (Å²) in [6, 6.07) is 13.8. The molecular formula is C30H32F3N7O4S. The van der Waals surface area contributed by atoms with Crippen LogP contribution < -0.4 is 21.3 Å². The van der Waals surface area contributed by atoms with E-state index in [1.165, 1.54) is 12.3 Å². The van der Waals surface area contributed by atoms with Crippen LogP contribution in [0.5, 0.6) is 0 Å². The molecule has 0 atom stereocenters. The third-order valence-corrected chi connectivity index (χ3v) is 7.72. The number of carboxylic acids is 1. The van der Waals surface area contributed by atoms with Crippen LogP contribution in [0.4, 0.5) is 41.2 Å². The number of carbonyl (C=O) groups excluding carboxylic acids is 1. The number of benzene rings is 2. The number of aromatic carboxylic acids is 1. The Morgan fingerprint density at radius 2 is 1.80 bits per heavy atom. The molecule has 3 heterocycles. The van der Waals surface area contributed by atoms with Gasteiger partial charge in [0.05, 0.1) is 18.4 Å². The van der Waals surface area contributed by atoms with Gasteiger partial charge in [-0.15, -0.1) is 0 Å². The van der Waals surface area contributed by atoms with Gasteiger partial charge in [0.15, 0.2) is 5.13 Å². The Morgan fingerprint density at radius 1 is 1.04 bits per heavy atom. The number of halogens is 3. The zero-order chi connectivity index (χ0) is 32.6. The number of hydrogen-bond donors (Lipinski definition) is 5. The number of piperazine rings is 1. The van der Waals surface area contributed by atoms with Crippen LogP contribution in [0.3, 0.4) is 0 Å². The van der Waals surface area contributed by atoms with E-state index in [4.69, 9.17) is 15.9 Å². The number of β-amino-alcohol motifs (C(OH)–C–C–N with tert-alkyl or cyclic N) is 1. The number of rotatable bonds is 8. The number of pyridine rings is 1. The van der Waals surface area contributed by atoms with E-state index in [9.17, 15) is 22.8 Å². The predicted octanol–water partition coefficient (Wildman–Crippen LogP) is 4.94. The highest BCUT2D eigenvalue weighted by molar-refractivity contribution is 7.17. The lowest BCUT2D eigenvalue weighted by atomic mass is 10.1. The summed E-state index contributed by atoms with van der Waals surface area (Å²) in [6.45, 7) is 4.66. The fourth-order valence-electron chi connectivity index (χ4n) is 4.36. The quantitative estimate of drug-likeness (QED) is 0.167. The molecule has 0 bridgehead atoms. The van der Waals surface area contributed by atoms with E-state index in [2.05, 4.69) is 20.6 Å². The van der Waals surface area contributed by atoms with Gasteiger partial charge in [-0.05, 0) is 55.0 Å². The summed E-state index contributed by atoms with van der Waals surface area (Å²) >= 11 is 1.07. The molecular weight excluding hydrogens is 611 g/mol. The number of aromatic nitrogens is 2. The first-order chi connectivity index (χ1) is 21.4. The minimum absolute atomic E-state index is 0.0391. The van der Waals surface area contributed by atoms with Crippen molar-refractivity contribution in [3.8, 4) is 0 Å². The molecule has 0 aliphatic carbocycles. The van der Waals surface area contributed by atoms with Gasteiger partial charge in [-0.2, -0.15) is 13.2 Å². The van der Waals surface area contributed by atoms with Gasteiger partial charge >= 0.3 is 12.1 Å². The van der Waals surface area contributed by atoms with Gasteiger partial charge in [-0.25, -0.2) is 14.8 Å². The Bertz CT molecular complexity index is 1610. The topological polar surface area (TPSA) is 157 Å².